The highest BCUT2D eigenvalue weighted by molar-refractivity contribution is 8.18. The number of carbonyl (C=O) groups excluding carboxylic acids is 1. The molecule has 0 aromatic heterocycles. The van der Waals surface area contributed by atoms with Crippen molar-refractivity contribution >= 4 is 40.6 Å². The monoisotopic (exact) mass is 472 g/mol. The maximum absolute atomic E-state index is 12.9. The SMILES string of the molecule is CCN1C(=O)C(=Cc2ccc(OCc3ccc(C)cc3)cc2)SC1=Nc1ccc(C(=O)O)cc1. The van der Waals surface area contributed by atoms with Gasteiger partial charge < -0.3 is 9.84 Å². The minimum Gasteiger partial charge on any atom is -0.489 e. The van der Waals surface area contributed by atoms with Crippen LogP contribution in [0.2, 0.25) is 0 Å². The van der Waals surface area contributed by atoms with Crippen LogP contribution in [0, 0.1) is 6.92 Å². The minimum absolute atomic E-state index is 0.104. The molecule has 1 aliphatic heterocycles. The van der Waals surface area contributed by atoms with Gasteiger partial charge in [0.15, 0.2) is 5.17 Å². The zero-order valence-electron chi connectivity index (χ0n) is 18.9. The highest BCUT2D eigenvalue weighted by Crippen LogP contribution is 2.34. The lowest BCUT2D eigenvalue weighted by atomic mass is 10.1. The third-order valence-corrected chi connectivity index (χ3v) is 6.25. The van der Waals surface area contributed by atoms with Gasteiger partial charge in [0.1, 0.15) is 12.4 Å². The van der Waals surface area contributed by atoms with E-state index in [-0.39, 0.29) is 11.5 Å². The molecule has 0 spiro atoms. The van der Waals surface area contributed by atoms with Gasteiger partial charge in [0.25, 0.3) is 5.91 Å². The van der Waals surface area contributed by atoms with Crippen LogP contribution >= 0.6 is 11.8 Å². The molecule has 4 rings (SSSR count). The van der Waals surface area contributed by atoms with E-state index in [1.807, 2.05) is 37.3 Å². The highest BCUT2D eigenvalue weighted by atomic mass is 32.2. The molecule has 1 saturated heterocycles. The van der Waals surface area contributed by atoms with Crippen LogP contribution in [0.25, 0.3) is 6.08 Å². The molecule has 0 unspecified atom stereocenters. The molecule has 1 N–H and O–H groups in total. The number of benzene rings is 3. The number of hydrogen-bond donors (Lipinski definition) is 1. The van der Waals surface area contributed by atoms with E-state index < -0.39 is 5.97 Å². The van der Waals surface area contributed by atoms with E-state index >= 15 is 0 Å². The average molecular weight is 473 g/mol. The standard InChI is InChI=1S/C27H24N2O4S/c1-3-29-25(30)24(34-27(29)28-22-12-10-21(11-13-22)26(31)32)16-19-8-14-23(15-9-19)33-17-20-6-4-18(2)5-7-20/h4-16H,3,17H2,1-2H3,(H,31,32). The molecule has 1 amide bonds. The summed E-state index contributed by atoms with van der Waals surface area (Å²) in [6, 6.07) is 22.1. The molecule has 3 aromatic rings. The first-order valence-corrected chi connectivity index (χ1v) is 11.7. The number of amidine groups is 1. The van der Waals surface area contributed by atoms with E-state index in [2.05, 4.69) is 36.2 Å². The number of ether oxygens (including phenoxy) is 1. The predicted molar refractivity (Wildman–Crippen MR) is 135 cm³/mol. The summed E-state index contributed by atoms with van der Waals surface area (Å²) in [7, 11) is 0. The Kier molecular flexibility index (Phi) is 7.13. The third kappa shape index (κ3) is 5.55. The number of amides is 1. The normalized spacial score (nSPS) is 15.8. The van der Waals surface area contributed by atoms with E-state index in [1.54, 1.807) is 17.0 Å². The van der Waals surface area contributed by atoms with Gasteiger partial charge in [-0.05, 0) is 79.2 Å². The molecule has 34 heavy (non-hydrogen) atoms. The molecule has 3 aromatic carbocycles. The zero-order chi connectivity index (χ0) is 24.1. The van der Waals surface area contributed by atoms with E-state index in [1.165, 1.54) is 29.5 Å². The van der Waals surface area contributed by atoms with Crippen molar-refractivity contribution in [2.24, 2.45) is 4.99 Å². The number of carboxylic acid groups (broad SMARTS) is 1. The van der Waals surface area contributed by atoms with Gasteiger partial charge in [-0.15, -0.1) is 0 Å². The number of carboxylic acids is 1. The number of carbonyl (C=O) groups is 2. The van der Waals surface area contributed by atoms with Crippen molar-refractivity contribution in [3.63, 3.8) is 0 Å². The second-order valence-corrected chi connectivity index (χ2v) is 8.76. The summed E-state index contributed by atoms with van der Waals surface area (Å²) in [5.74, 6) is -0.333. The summed E-state index contributed by atoms with van der Waals surface area (Å²) < 4.78 is 5.86. The molecule has 7 heteroatoms. The minimum atomic E-state index is -0.989. The summed E-state index contributed by atoms with van der Waals surface area (Å²) in [5, 5.41) is 9.62. The predicted octanol–water partition coefficient (Wildman–Crippen LogP) is 5.90. The zero-order valence-corrected chi connectivity index (χ0v) is 19.7. The van der Waals surface area contributed by atoms with Gasteiger partial charge in [-0.1, -0.05) is 42.0 Å². The van der Waals surface area contributed by atoms with Crippen LogP contribution in [-0.2, 0) is 11.4 Å². The maximum Gasteiger partial charge on any atom is 0.335 e. The van der Waals surface area contributed by atoms with E-state index in [0.717, 1.165) is 16.9 Å². The third-order valence-electron chi connectivity index (χ3n) is 5.25. The molecule has 6 nitrogen and oxygen atoms in total. The van der Waals surface area contributed by atoms with Crippen LogP contribution in [0.5, 0.6) is 5.75 Å². The lowest BCUT2D eigenvalue weighted by Gasteiger charge is -2.12. The van der Waals surface area contributed by atoms with Gasteiger partial charge >= 0.3 is 5.97 Å². The molecule has 0 bridgehead atoms. The maximum atomic E-state index is 12.9. The number of aliphatic imine (C=N–C) groups is 1. The van der Waals surface area contributed by atoms with Crippen LogP contribution in [-0.4, -0.2) is 33.6 Å². The topological polar surface area (TPSA) is 79.2 Å². The summed E-state index contributed by atoms with van der Waals surface area (Å²) in [6.07, 6.45) is 1.84. The Balaban J connectivity index is 1.46. The Hall–Kier alpha value is -3.84. The number of hydrogen-bond acceptors (Lipinski definition) is 5. The van der Waals surface area contributed by atoms with Crippen molar-refractivity contribution in [1.82, 2.24) is 4.90 Å². The average Bonchev–Trinajstić information content (AvgIpc) is 3.13. The van der Waals surface area contributed by atoms with Gasteiger partial charge in [0, 0.05) is 6.54 Å². The molecule has 0 saturated carbocycles. The van der Waals surface area contributed by atoms with Crippen LogP contribution in [0.3, 0.4) is 0 Å². The molecule has 172 valence electrons. The first-order valence-electron chi connectivity index (χ1n) is 10.8. The molecule has 1 aliphatic rings. The van der Waals surface area contributed by atoms with Crippen LogP contribution in [0.1, 0.15) is 34.0 Å². The van der Waals surface area contributed by atoms with Crippen molar-refractivity contribution in [2.45, 2.75) is 20.5 Å². The van der Waals surface area contributed by atoms with Gasteiger partial charge in [-0.2, -0.15) is 0 Å². The Morgan fingerprint density at radius 3 is 2.32 bits per heavy atom. The lowest BCUT2D eigenvalue weighted by molar-refractivity contribution is -0.122. The van der Waals surface area contributed by atoms with Gasteiger partial charge in [-0.3, -0.25) is 9.69 Å². The number of aromatic carboxylic acids is 1. The summed E-state index contributed by atoms with van der Waals surface area (Å²) in [5.41, 5.74) is 4.00. The van der Waals surface area contributed by atoms with Crippen LogP contribution < -0.4 is 4.74 Å². The van der Waals surface area contributed by atoms with Crippen LogP contribution in [0.15, 0.2) is 82.7 Å². The summed E-state index contributed by atoms with van der Waals surface area (Å²) >= 11 is 1.30. The molecule has 0 atom stereocenters. The second kappa shape index (κ2) is 10.4. The van der Waals surface area contributed by atoms with Gasteiger partial charge in [0.2, 0.25) is 0 Å². The fraction of sp³-hybridized carbons (Fsp3) is 0.148. The Labute approximate surface area is 202 Å². The van der Waals surface area contributed by atoms with Gasteiger partial charge in [0.05, 0.1) is 16.2 Å². The number of aryl methyl sites for hydroxylation is 1. The van der Waals surface area contributed by atoms with Crippen molar-refractivity contribution in [2.75, 3.05) is 6.54 Å². The number of nitrogens with zero attached hydrogens (tertiary/aromatic N) is 2. The van der Waals surface area contributed by atoms with E-state index in [9.17, 15) is 9.59 Å². The Morgan fingerprint density at radius 2 is 1.71 bits per heavy atom. The van der Waals surface area contributed by atoms with Gasteiger partial charge in [-0.25, -0.2) is 9.79 Å². The number of thioether (sulfide) groups is 1. The van der Waals surface area contributed by atoms with Crippen molar-refractivity contribution < 1.29 is 19.4 Å². The second-order valence-electron chi connectivity index (χ2n) is 7.75. The fourth-order valence-corrected chi connectivity index (χ4v) is 4.38. The molecule has 0 aliphatic carbocycles. The van der Waals surface area contributed by atoms with Crippen molar-refractivity contribution in [3.8, 4) is 5.75 Å². The number of likely N-dealkylation sites (N-methyl/N-ethyl adjacent to an activating group) is 1. The molecule has 0 radical (unpaired) electrons. The van der Waals surface area contributed by atoms with Crippen molar-refractivity contribution in [1.29, 1.82) is 0 Å². The Morgan fingerprint density at radius 1 is 1.03 bits per heavy atom. The largest absolute Gasteiger partial charge is 0.489 e. The molecular weight excluding hydrogens is 448 g/mol. The number of rotatable bonds is 7. The molecular formula is C27H24N2O4S. The van der Waals surface area contributed by atoms with E-state index in [4.69, 9.17) is 9.84 Å². The molecule has 1 fully saturated rings. The summed E-state index contributed by atoms with van der Waals surface area (Å²) in [6.45, 7) is 4.93. The molecule has 1 heterocycles. The van der Waals surface area contributed by atoms with Crippen LogP contribution in [0.4, 0.5) is 5.69 Å². The quantitative estimate of drug-likeness (QED) is 0.433. The first kappa shape index (κ1) is 23.3. The summed E-state index contributed by atoms with van der Waals surface area (Å²) in [4.78, 5) is 30.7. The fourth-order valence-electron chi connectivity index (χ4n) is 3.32. The highest BCUT2D eigenvalue weighted by Gasteiger charge is 2.32. The lowest BCUT2D eigenvalue weighted by Crippen LogP contribution is -2.28. The first-order chi connectivity index (χ1) is 16.4. The van der Waals surface area contributed by atoms with E-state index in [0.29, 0.717) is 28.9 Å². The van der Waals surface area contributed by atoms with Crippen molar-refractivity contribution in [3.05, 3.63) is 100.0 Å². The smallest absolute Gasteiger partial charge is 0.335 e. The Bertz CT molecular complexity index is 1250.